The fourth-order valence-corrected chi connectivity index (χ4v) is 15.4. The molecule has 75 heavy (non-hydrogen) atoms. The summed E-state index contributed by atoms with van der Waals surface area (Å²) in [4.78, 5) is 2.58. The molecule has 6 aliphatic heterocycles. The molecule has 0 unspecified atom stereocenters. The summed E-state index contributed by atoms with van der Waals surface area (Å²) in [6.45, 7) is 13.2. The zero-order valence-corrected chi connectivity index (χ0v) is 42.4. The average molecular weight is 959 g/mol. The molecule has 0 saturated heterocycles. The Morgan fingerprint density at radius 1 is 0.360 bits per heavy atom. The molecule has 8 heterocycles. The molecular formula is C66H45B3N4O2. The van der Waals surface area contributed by atoms with Crippen molar-refractivity contribution in [3.8, 4) is 34.4 Å². The van der Waals surface area contributed by atoms with Crippen LogP contribution in [0, 0.1) is 41.5 Å². The number of rotatable bonds is 1. The summed E-state index contributed by atoms with van der Waals surface area (Å²) >= 11 is 0. The smallest absolute Gasteiger partial charge is 0.260 e. The monoisotopic (exact) mass is 958 g/mol. The van der Waals surface area contributed by atoms with Gasteiger partial charge >= 0.3 is 0 Å². The first-order valence-electron chi connectivity index (χ1n) is 26.5. The minimum Gasteiger partial charge on any atom is -0.458 e. The molecule has 1 N–H and O–H groups in total. The van der Waals surface area contributed by atoms with E-state index in [1.165, 1.54) is 127 Å². The highest BCUT2D eigenvalue weighted by molar-refractivity contribution is 7.03. The maximum absolute atomic E-state index is 7.34. The topological polar surface area (TPSA) is 43.6 Å². The normalized spacial score (nSPS) is 14.2. The first-order chi connectivity index (χ1) is 36.6. The van der Waals surface area contributed by atoms with Crippen molar-refractivity contribution >= 4 is 141 Å². The van der Waals surface area contributed by atoms with Crippen molar-refractivity contribution in [2.45, 2.75) is 41.5 Å². The number of anilines is 5. The highest BCUT2D eigenvalue weighted by atomic mass is 16.5. The number of aromatic nitrogens is 2. The Kier molecular flexibility index (Phi) is 7.41. The molecule has 12 aromatic rings. The van der Waals surface area contributed by atoms with Crippen molar-refractivity contribution < 1.29 is 9.47 Å². The molecule has 0 bridgehead atoms. The Morgan fingerprint density at radius 2 is 0.867 bits per heavy atom. The summed E-state index contributed by atoms with van der Waals surface area (Å²) in [6, 6.07) is 60.2. The lowest BCUT2D eigenvalue weighted by atomic mass is 9.30. The van der Waals surface area contributed by atoms with Crippen LogP contribution >= 0.6 is 0 Å². The number of para-hydroxylation sites is 4. The van der Waals surface area contributed by atoms with Gasteiger partial charge in [-0.05, 0) is 162 Å². The van der Waals surface area contributed by atoms with Crippen molar-refractivity contribution in [1.82, 2.24) is 9.13 Å². The molecule has 0 radical (unpaired) electrons. The summed E-state index contributed by atoms with van der Waals surface area (Å²) < 4.78 is 19.6. The number of hydrogen-bond donors (Lipinski definition) is 1. The fourth-order valence-electron chi connectivity index (χ4n) is 15.4. The molecule has 0 aliphatic carbocycles. The third-order valence-electron chi connectivity index (χ3n) is 17.9. The van der Waals surface area contributed by atoms with Crippen molar-refractivity contribution in [3.05, 3.63) is 191 Å². The summed E-state index contributed by atoms with van der Waals surface area (Å²) in [5.74, 6) is 3.47. The zero-order chi connectivity index (χ0) is 49.6. The van der Waals surface area contributed by atoms with E-state index in [0.29, 0.717) is 0 Å². The molecule has 18 rings (SSSR count). The van der Waals surface area contributed by atoms with Crippen LogP contribution in [-0.2, 0) is 0 Å². The van der Waals surface area contributed by atoms with Crippen LogP contribution in [0.3, 0.4) is 0 Å². The van der Waals surface area contributed by atoms with Crippen LogP contribution < -0.4 is 68.9 Å². The SMILES string of the molecule is Cc1cc(C)c(N2c3cc4c(cc3B3c5c2cc(C)cc5-n2c5ccccc5c5cccc3c52)B2c3cc5c(cc3Oc3cc(C)cc(c32)O4)Nc2cc(C)cc3c2B5c2cccc4c5ccccc5n-3c24)c(C)c1. The van der Waals surface area contributed by atoms with Gasteiger partial charge in [0.25, 0.3) is 20.1 Å². The van der Waals surface area contributed by atoms with E-state index in [0.717, 1.165) is 62.0 Å². The standard InChI is InChI=1S/C66H45B3N4O2/c1-33-21-37(5)64(38(6)22-33)73-53-32-58-48(30-46(53)68-44-18-12-16-42-40-14-8-10-20-52(40)72(66(42)44)55-25-35(3)26-56(73)62(55)68)69-47-29-45-49(31-57(47)74-59-27-36(4)28-60(75-58)63(59)69)70-50-23-34(2)24-54-61(50)67(45)43-17-11-15-41-39-13-7-9-19-51(39)71(54)65(41)43/h7-32,70H,1-6H3. The maximum Gasteiger partial charge on any atom is 0.260 e. The molecular weight excluding hydrogens is 913 g/mol. The summed E-state index contributed by atoms with van der Waals surface area (Å²) in [7, 11) is 0. The van der Waals surface area contributed by atoms with E-state index in [1.807, 2.05) is 0 Å². The quantitative estimate of drug-likeness (QED) is 0.167. The average Bonchev–Trinajstić information content (AvgIpc) is 4.11. The Bertz CT molecular complexity index is 4730. The number of fused-ring (bicyclic) bond motifs is 18. The van der Waals surface area contributed by atoms with Gasteiger partial charge in [-0.1, -0.05) is 103 Å². The Labute approximate surface area is 435 Å². The predicted molar refractivity (Wildman–Crippen MR) is 315 cm³/mol. The van der Waals surface area contributed by atoms with Gasteiger partial charge in [-0.3, -0.25) is 0 Å². The molecule has 10 aromatic carbocycles. The van der Waals surface area contributed by atoms with E-state index < -0.39 is 0 Å². The van der Waals surface area contributed by atoms with E-state index >= 15 is 0 Å². The maximum atomic E-state index is 7.34. The molecule has 350 valence electrons. The predicted octanol–water partition coefficient (Wildman–Crippen LogP) is 9.96. The lowest BCUT2D eigenvalue weighted by Gasteiger charge is -2.43. The first kappa shape index (κ1) is 40.6. The highest BCUT2D eigenvalue weighted by Crippen LogP contribution is 2.47. The van der Waals surface area contributed by atoms with E-state index in [-0.39, 0.29) is 20.1 Å². The first-order valence-corrected chi connectivity index (χ1v) is 26.5. The van der Waals surface area contributed by atoms with Gasteiger partial charge in [0.2, 0.25) is 0 Å². The van der Waals surface area contributed by atoms with Crippen LogP contribution in [0.15, 0.2) is 158 Å². The van der Waals surface area contributed by atoms with Gasteiger partial charge in [0, 0.05) is 84.3 Å². The van der Waals surface area contributed by atoms with Gasteiger partial charge in [-0.25, -0.2) is 0 Å². The number of benzene rings is 10. The Morgan fingerprint density at radius 3 is 1.52 bits per heavy atom. The molecule has 0 fully saturated rings. The number of nitrogens with one attached hydrogen (secondary N) is 1. The van der Waals surface area contributed by atoms with Gasteiger partial charge < -0.3 is 28.8 Å². The van der Waals surface area contributed by atoms with Crippen molar-refractivity contribution in [2.24, 2.45) is 0 Å². The lowest BCUT2D eigenvalue weighted by molar-refractivity contribution is 0.464. The molecule has 9 heteroatoms. The fraction of sp³-hybridized carbons (Fsp3) is 0.0909. The Balaban J connectivity index is 0.923. The molecule has 0 amide bonds. The van der Waals surface area contributed by atoms with Crippen molar-refractivity contribution in [1.29, 1.82) is 0 Å². The Hall–Kier alpha value is -8.81. The van der Waals surface area contributed by atoms with Crippen LogP contribution in [0.2, 0.25) is 0 Å². The van der Waals surface area contributed by atoms with Crippen LogP contribution in [-0.4, -0.2) is 29.3 Å². The van der Waals surface area contributed by atoms with Crippen LogP contribution in [0.25, 0.3) is 55.0 Å². The zero-order valence-electron chi connectivity index (χ0n) is 42.4. The second kappa shape index (κ2) is 13.7. The van der Waals surface area contributed by atoms with Gasteiger partial charge in [0.05, 0.1) is 16.7 Å². The number of ether oxygens (including phenoxy) is 2. The van der Waals surface area contributed by atoms with E-state index in [2.05, 4.69) is 219 Å². The van der Waals surface area contributed by atoms with E-state index in [4.69, 9.17) is 9.47 Å². The highest BCUT2D eigenvalue weighted by Gasteiger charge is 2.48. The largest absolute Gasteiger partial charge is 0.458 e. The summed E-state index contributed by atoms with van der Waals surface area (Å²) in [5, 5.41) is 9.14. The van der Waals surface area contributed by atoms with E-state index in [1.54, 1.807) is 0 Å². The number of nitrogens with zero attached hydrogens (tertiary/aromatic N) is 3. The van der Waals surface area contributed by atoms with Crippen LogP contribution in [0.5, 0.6) is 23.0 Å². The minimum atomic E-state index is -0.163. The third-order valence-corrected chi connectivity index (χ3v) is 17.9. The molecule has 0 spiro atoms. The third kappa shape index (κ3) is 4.96. The number of aryl methyl sites for hydroxylation is 6. The van der Waals surface area contributed by atoms with Gasteiger partial charge in [-0.15, -0.1) is 0 Å². The molecule has 2 aromatic heterocycles. The van der Waals surface area contributed by atoms with Crippen molar-refractivity contribution in [2.75, 3.05) is 10.2 Å². The molecule has 0 saturated carbocycles. The molecule has 6 aliphatic rings. The van der Waals surface area contributed by atoms with Gasteiger partial charge in [0.1, 0.15) is 23.0 Å². The summed E-state index contributed by atoms with van der Waals surface area (Å²) in [5.41, 5.74) is 32.0. The van der Waals surface area contributed by atoms with Crippen LogP contribution in [0.1, 0.15) is 33.4 Å². The number of hydrogen-bond acceptors (Lipinski definition) is 4. The minimum absolute atomic E-state index is 0.00167. The molecule has 6 nitrogen and oxygen atoms in total. The van der Waals surface area contributed by atoms with Gasteiger partial charge in [-0.2, -0.15) is 0 Å². The summed E-state index contributed by atoms with van der Waals surface area (Å²) in [6.07, 6.45) is 0. The lowest BCUT2D eigenvalue weighted by Crippen LogP contribution is -2.64. The second-order valence-corrected chi connectivity index (χ2v) is 22.5. The van der Waals surface area contributed by atoms with Crippen molar-refractivity contribution in [3.63, 3.8) is 0 Å². The second-order valence-electron chi connectivity index (χ2n) is 22.5. The van der Waals surface area contributed by atoms with Crippen LogP contribution in [0.4, 0.5) is 28.4 Å². The van der Waals surface area contributed by atoms with E-state index in [9.17, 15) is 0 Å². The van der Waals surface area contributed by atoms with Gasteiger partial charge in [0.15, 0.2) is 0 Å². The molecule has 0 atom stereocenters.